The topological polar surface area (TPSA) is 116 Å². The van der Waals surface area contributed by atoms with Crippen LogP contribution >= 0.6 is 0 Å². The number of carbonyl (C=O) groups excluding carboxylic acids is 4. The maximum Gasteiger partial charge on any atom is 0.251 e. The lowest BCUT2D eigenvalue weighted by Gasteiger charge is -2.34. The molecule has 2 aromatic rings. The smallest absolute Gasteiger partial charge is 0.251 e. The first-order valence-corrected chi connectivity index (χ1v) is 22.5. The second kappa shape index (κ2) is 22.3. The van der Waals surface area contributed by atoms with Crippen LogP contribution in [-0.2, 0) is 0 Å². The molecule has 0 spiro atoms. The summed E-state index contributed by atoms with van der Waals surface area (Å²) >= 11 is 0. The van der Waals surface area contributed by atoms with E-state index in [0.717, 1.165) is 38.5 Å². The summed E-state index contributed by atoms with van der Waals surface area (Å²) in [5.41, 5.74) is 2.54. The first kappa shape index (κ1) is 43.4. The highest BCUT2D eigenvalue weighted by Crippen LogP contribution is 2.31. The van der Waals surface area contributed by atoms with Crippen LogP contribution in [-0.4, -0.2) is 47.8 Å². The van der Waals surface area contributed by atoms with Crippen LogP contribution < -0.4 is 21.3 Å². The summed E-state index contributed by atoms with van der Waals surface area (Å²) in [4.78, 5) is 50.4. The molecule has 4 N–H and O–H groups in total. The molecule has 0 bridgehead atoms. The summed E-state index contributed by atoms with van der Waals surface area (Å²) in [7, 11) is 0. The Bertz CT molecular complexity index is 1410. The Kier molecular flexibility index (Phi) is 17.3. The highest BCUT2D eigenvalue weighted by atomic mass is 16.2. The normalized spacial score (nSPS) is 26.7. The molecular weight excluding hydrogens is 697 g/mol. The molecule has 0 aromatic heterocycles. The van der Waals surface area contributed by atoms with Crippen LogP contribution in [0, 0.1) is 23.7 Å². The van der Waals surface area contributed by atoms with Gasteiger partial charge >= 0.3 is 0 Å². The van der Waals surface area contributed by atoms with Crippen molar-refractivity contribution in [3.05, 3.63) is 70.8 Å². The van der Waals surface area contributed by atoms with Gasteiger partial charge in [-0.1, -0.05) is 118 Å². The molecule has 6 rings (SSSR count). The third-order valence-electron chi connectivity index (χ3n) is 13.7. The summed E-state index contributed by atoms with van der Waals surface area (Å²) in [5, 5.41) is 12.8. The molecule has 4 saturated carbocycles. The van der Waals surface area contributed by atoms with Gasteiger partial charge in [0, 0.05) is 46.4 Å². The van der Waals surface area contributed by atoms with Crippen LogP contribution in [0.4, 0.5) is 0 Å². The average molecular weight is 769 g/mol. The summed E-state index contributed by atoms with van der Waals surface area (Å²) in [6, 6.07) is 15.3. The minimum absolute atomic E-state index is 0.0162. The molecule has 4 aliphatic rings. The first-order chi connectivity index (χ1) is 27.1. The van der Waals surface area contributed by atoms with Crippen molar-refractivity contribution in [3.63, 3.8) is 0 Å². The molecule has 4 amide bonds. The molecule has 0 aliphatic heterocycles. The predicted octanol–water partition coefficient (Wildman–Crippen LogP) is 10.2. The summed E-state index contributed by atoms with van der Waals surface area (Å²) < 4.78 is 0. The van der Waals surface area contributed by atoms with Crippen molar-refractivity contribution in [2.24, 2.45) is 23.7 Å². The lowest BCUT2D eigenvalue weighted by atomic mass is 9.78. The van der Waals surface area contributed by atoms with Gasteiger partial charge in [-0.25, -0.2) is 0 Å². The second-order valence-electron chi connectivity index (χ2n) is 17.9. The highest BCUT2D eigenvalue weighted by molar-refractivity contribution is 5.99. The standard InChI is InChI=1S/2C24H36N2O2/c1-15-7-5-9-21(17(15)3)25-23(27)19-11-13-20(14-12-19)24(28)26-22-10-6-8-16(2)18(22)4;27-23(25-21-11-7-3-1-4-8-12-21)19-15-17-20(18-16-19)24(28)26-22-13-9-5-2-6-10-14-22/h11-18,21-22H,5-10H2,1-4H3,(H,25,27)(H,26,28);15-18,21-22H,1-14H2,(H,25,27)(H,26,28). The Labute approximate surface area is 337 Å². The Balaban J connectivity index is 0.000000214. The van der Waals surface area contributed by atoms with Gasteiger partial charge in [-0.05, 0) is 111 Å². The number of rotatable bonds is 8. The predicted molar refractivity (Wildman–Crippen MR) is 227 cm³/mol. The molecular formula is C48H72N4O4. The third-order valence-corrected chi connectivity index (χ3v) is 13.7. The minimum Gasteiger partial charge on any atom is -0.349 e. The molecule has 4 aliphatic carbocycles. The Morgan fingerprint density at radius 3 is 0.929 bits per heavy atom. The van der Waals surface area contributed by atoms with Gasteiger partial charge in [0.05, 0.1) is 0 Å². The molecule has 6 atom stereocenters. The van der Waals surface area contributed by atoms with E-state index < -0.39 is 0 Å². The van der Waals surface area contributed by atoms with E-state index in [4.69, 9.17) is 0 Å². The molecule has 308 valence electrons. The molecule has 0 saturated heterocycles. The Hall–Kier alpha value is -3.68. The van der Waals surface area contributed by atoms with Crippen LogP contribution in [0.2, 0.25) is 0 Å². The van der Waals surface area contributed by atoms with Crippen LogP contribution in [0.3, 0.4) is 0 Å². The van der Waals surface area contributed by atoms with E-state index in [1.54, 1.807) is 48.5 Å². The molecule has 0 heterocycles. The van der Waals surface area contributed by atoms with Crippen LogP contribution in [0.1, 0.15) is 198 Å². The van der Waals surface area contributed by atoms with E-state index >= 15 is 0 Å². The van der Waals surface area contributed by atoms with Gasteiger partial charge in [0.1, 0.15) is 0 Å². The fraction of sp³-hybridized carbons (Fsp3) is 0.667. The van der Waals surface area contributed by atoms with Crippen LogP contribution in [0.25, 0.3) is 0 Å². The number of amides is 4. The summed E-state index contributed by atoms with van der Waals surface area (Å²) in [6.45, 7) is 9.00. The molecule has 56 heavy (non-hydrogen) atoms. The number of hydrogen-bond donors (Lipinski definition) is 4. The van der Waals surface area contributed by atoms with Crippen molar-refractivity contribution >= 4 is 23.6 Å². The van der Waals surface area contributed by atoms with E-state index in [9.17, 15) is 19.2 Å². The summed E-state index contributed by atoms with van der Waals surface area (Å²) in [6.07, 6.45) is 23.8. The summed E-state index contributed by atoms with van der Waals surface area (Å²) in [5.74, 6) is 2.20. The first-order valence-electron chi connectivity index (χ1n) is 22.5. The van der Waals surface area contributed by atoms with Gasteiger partial charge in [0.25, 0.3) is 23.6 Å². The van der Waals surface area contributed by atoms with Crippen molar-refractivity contribution in [3.8, 4) is 0 Å². The average Bonchev–Trinajstić information content (AvgIpc) is 3.17. The van der Waals surface area contributed by atoms with Gasteiger partial charge in [-0.2, -0.15) is 0 Å². The molecule has 6 unspecified atom stereocenters. The minimum atomic E-state index is -0.0346. The third kappa shape index (κ3) is 13.2. The van der Waals surface area contributed by atoms with Gasteiger partial charge in [-0.15, -0.1) is 0 Å². The van der Waals surface area contributed by atoms with Gasteiger partial charge < -0.3 is 21.3 Å². The van der Waals surface area contributed by atoms with Crippen LogP contribution in [0.15, 0.2) is 48.5 Å². The van der Waals surface area contributed by atoms with Crippen molar-refractivity contribution in [1.82, 2.24) is 21.3 Å². The fourth-order valence-corrected chi connectivity index (χ4v) is 9.36. The molecule has 0 radical (unpaired) electrons. The van der Waals surface area contributed by atoms with Crippen molar-refractivity contribution < 1.29 is 19.2 Å². The van der Waals surface area contributed by atoms with Gasteiger partial charge in [-0.3, -0.25) is 19.2 Å². The zero-order valence-corrected chi connectivity index (χ0v) is 35.0. The Morgan fingerprint density at radius 1 is 0.357 bits per heavy atom. The Morgan fingerprint density at radius 2 is 0.625 bits per heavy atom. The largest absolute Gasteiger partial charge is 0.349 e. The zero-order valence-electron chi connectivity index (χ0n) is 35.0. The molecule has 8 heteroatoms. The number of carbonyl (C=O) groups is 4. The quantitative estimate of drug-likeness (QED) is 0.214. The van der Waals surface area contributed by atoms with E-state index in [0.29, 0.717) is 45.9 Å². The lowest BCUT2D eigenvalue weighted by Crippen LogP contribution is -2.44. The SMILES string of the molecule is CC1CCCC(NC(=O)c2ccc(C(=O)NC3CCCC(C)C3C)cc2)C1C.O=C(NC1CCCCCCC1)c1ccc(C(=O)NC2CCCCCCC2)cc1. The number of hydrogen-bond acceptors (Lipinski definition) is 4. The zero-order chi connectivity index (χ0) is 39.9. The van der Waals surface area contributed by atoms with Crippen molar-refractivity contribution in [2.75, 3.05) is 0 Å². The molecule has 4 fully saturated rings. The van der Waals surface area contributed by atoms with Gasteiger partial charge in [0.15, 0.2) is 0 Å². The number of nitrogens with one attached hydrogen (secondary N) is 4. The highest BCUT2D eigenvalue weighted by Gasteiger charge is 2.30. The van der Waals surface area contributed by atoms with Crippen molar-refractivity contribution in [1.29, 1.82) is 0 Å². The molecule has 8 nitrogen and oxygen atoms in total. The molecule has 2 aromatic carbocycles. The van der Waals surface area contributed by atoms with E-state index in [-0.39, 0.29) is 47.8 Å². The maximum absolute atomic E-state index is 12.6. The second-order valence-corrected chi connectivity index (χ2v) is 17.9. The van der Waals surface area contributed by atoms with E-state index in [1.807, 2.05) is 0 Å². The fourth-order valence-electron chi connectivity index (χ4n) is 9.36. The van der Waals surface area contributed by atoms with Crippen LogP contribution in [0.5, 0.6) is 0 Å². The van der Waals surface area contributed by atoms with Gasteiger partial charge in [0.2, 0.25) is 0 Å². The monoisotopic (exact) mass is 769 g/mol. The van der Waals surface area contributed by atoms with Crippen molar-refractivity contribution in [2.45, 2.75) is 180 Å². The number of benzene rings is 2. The van der Waals surface area contributed by atoms with E-state index in [1.165, 1.54) is 89.9 Å². The van der Waals surface area contributed by atoms with E-state index in [2.05, 4.69) is 49.0 Å². The lowest BCUT2D eigenvalue weighted by molar-refractivity contribution is 0.0879. The maximum atomic E-state index is 12.6.